The molecule has 2 heteroatoms. The number of rotatable bonds is 4. The monoisotopic (exact) mass is 98.1 g/mol. The van der Waals surface area contributed by atoms with E-state index in [1.165, 1.54) is 12.7 Å². The van der Waals surface area contributed by atoms with Crippen LogP contribution in [0.3, 0.4) is 0 Å². The topological polar surface area (TPSA) is 12.0 Å². The fourth-order valence-electron chi connectivity index (χ4n) is 0.483. The second kappa shape index (κ2) is 6.02. The van der Waals surface area contributed by atoms with Gasteiger partial charge in [0.25, 0.3) is 0 Å². The molecule has 0 aromatic carbocycles. The molecule has 0 heterocycles. The Hall–Kier alpha value is 0.0249. The van der Waals surface area contributed by atoms with Gasteiger partial charge in [-0.15, -0.1) is 0 Å². The van der Waals surface area contributed by atoms with E-state index in [0.717, 1.165) is 6.54 Å². The average molecular weight is 98.0 g/mol. The summed E-state index contributed by atoms with van der Waals surface area (Å²) in [6, 6.07) is 0. The van der Waals surface area contributed by atoms with Gasteiger partial charge >= 0.3 is 0 Å². The van der Waals surface area contributed by atoms with Crippen LogP contribution in [0.1, 0.15) is 6.42 Å². The molecule has 0 unspecified atom stereocenters. The van der Waals surface area contributed by atoms with E-state index in [1.807, 2.05) is 7.05 Å². The Morgan fingerprint density at radius 1 is 1.57 bits per heavy atom. The van der Waals surface area contributed by atoms with Crippen LogP contribution < -0.4 is 5.32 Å². The smallest absolute Gasteiger partial charge is 0.105 e. The van der Waals surface area contributed by atoms with Crippen molar-refractivity contribution >= 4 is 7.28 Å². The minimum absolute atomic E-state index is 1.14. The first-order valence-electron chi connectivity index (χ1n) is 2.84. The normalized spacial score (nSPS) is 8.86. The zero-order valence-corrected chi connectivity index (χ0v) is 5.20. The van der Waals surface area contributed by atoms with Crippen LogP contribution in [0.25, 0.3) is 0 Å². The third-order valence-corrected chi connectivity index (χ3v) is 0.920. The van der Waals surface area contributed by atoms with Gasteiger partial charge in [0.2, 0.25) is 0 Å². The van der Waals surface area contributed by atoms with Gasteiger partial charge in [0, 0.05) is 0 Å². The number of hydrogen-bond acceptors (Lipinski definition) is 1. The van der Waals surface area contributed by atoms with Gasteiger partial charge in [0.1, 0.15) is 7.28 Å². The van der Waals surface area contributed by atoms with Crippen LogP contribution in [0.4, 0.5) is 0 Å². The molecule has 0 atom stereocenters. The summed E-state index contributed by atoms with van der Waals surface area (Å²) in [6.07, 6.45) is 2.51. The molecule has 0 saturated heterocycles. The lowest BCUT2D eigenvalue weighted by Crippen LogP contribution is -2.07. The zero-order chi connectivity index (χ0) is 5.54. The van der Waals surface area contributed by atoms with Crippen LogP contribution >= 0.6 is 0 Å². The third kappa shape index (κ3) is 6.02. The van der Waals surface area contributed by atoms with Crippen LogP contribution in [0.2, 0.25) is 13.1 Å². The van der Waals surface area contributed by atoms with E-state index < -0.39 is 0 Å². The van der Waals surface area contributed by atoms with E-state index in [0.29, 0.717) is 0 Å². The summed E-state index contributed by atoms with van der Waals surface area (Å²) in [6.45, 7) is 3.24. The van der Waals surface area contributed by atoms with Crippen molar-refractivity contribution in [3.05, 3.63) is 0 Å². The van der Waals surface area contributed by atoms with Crippen molar-refractivity contribution in [3.63, 3.8) is 0 Å². The van der Waals surface area contributed by atoms with Crippen molar-refractivity contribution in [2.45, 2.75) is 19.6 Å². The van der Waals surface area contributed by atoms with E-state index in [4.69, 9.17) is 0 Å². The largest absolute Gasteiger partial charge is 0.320 e. The highest BCUT2D eigenvalue weighted by Gasteiger charge is 1.80. The van der Waals surface area contributed by atoms with E-state index in [-0.39, 0.29) is 0 Å². The Morgan fingerprint density at radius 2 is 2.29 bits per heavy atom. The molecule has 1 nitrogen and oxygen atoms in total. The molecular formula is C5H13BN. The first-order valence-corrected chi connectivity index (χ1v) is 2.84. The van der Waals surface area contributed by atoms with E-state index >= 15 is 0 Å². The maximum atomic E-state index is 3.08. The first-order chi connectivity index (χ1) is 3.41. The van der Waals surface area contributed by atoms with Crippen LogP contribution in [0, 0.1) is 0 Å². The van der Waals surface area contributed by atoms with Gasteiger partial charge < -0.3 is 5.32 Å². The van der Waals surface area contributed by atoms with Crippen molar-refractivity contribution in [1.29, 1.82) is 0 Å². The molecule has 0 spiro atoms. The molecule has 0 fully saturated rings. The fraction of sp³-hybridized carbons (Fsp3) is 1.00. The van der Waals surface area contributed by atoms with Crippen molar-refractivity contribution in [2.75, 3.05) is 13.6 Å². The number of hydrogen-bond donors (Lipinski definition) is 1. The average Bonchev–Trinajstić information content (AvgIpc) is 1.69. The molecule has 0 aliphatic heterocycles. The summed E-state index contributed by atoms with van der Waals surface area (Å²) in [7, 11) is 4.17. The van der Waals surface area contributed by atoms with Crippen molar-refractivity contribution in [3.8, 4) is 0 Å². The minimum atomic E-state index is 1.14. The molecule has 0 aliphatic carbocycles. The molecule has 0 saturated carbocycles. The molecular weight excluding hydrogens is 84.9 g/mol. The highest BCUT2D eigenvalue weighted by Crippen LogP contribution is 1.82. The van der Waals surface area contributed by atoms with Gasteiger partial charge in [-0.25, -0.2) is 0 Å². The Labute approximate surface area is 46.7 Å². The SMILES string of the molecule is C[B]CCCNC. The fourth-order valence-corrected chi connectivity index (χ4v) is 0.483. The second-order valence-electron chi connectivity index (χ2n) is 1.65. The molecule has 0 aliphatic rings. The molecule has 0 aromatic heterocycles. The summed E-state index contributed by atoms with van der Waals surface area (Å²) in [5.74, 6) is 0. The molecule has 0 bridgehead atoms. The molecule has 0 rings (SSSR count). The third-order valence-electron chi connectivity index (χ3n) is 0.920. The van der Waals surface area contributed by atoms with Crippen LogP contribution in [0.5, 0.6) is 0 Å². The summed E-state index contributed by atoms with van der Waals surface area (Å²) >= 11 is 0. The van der Waals surface area contributed by atoms with E-state index in [2.05, 4.69) is 19.4 Å². The molecule has 1 N–H and O–H groups in total. The zero-order valence-electron chi connectivity index (χ0n) is 5.20. The summed E-state index contributed by atoms with van der Waals surface area (Å²) in [4.78, 5) is 0. The predicted molar refractivity (Wildman–Crippen MR) is 35.0 cm³/mol. The van der Waals surface area contributed by atoms with E-state index in [1.54, 1.807) is 0 Å². The van der Waals surface area contributed by atoms with Gasteiger partial charge in [-0.05, 0) is 20.0 Å². The lowest BCUT2D eigenvalue weighted by atomic mass is 9.77. The Kier molecular flexibility index (Phi) is 6.05. The first kappa shape index (κ1) is 7.02. The number of nitrogens with one attached hydrogen (secondary N) is 1. The van der Waals surface area contributed by atoms with Gasteiger partial charge in [-0.3, -0.25) is 0 Å². The van der Waals surface area contributed by atoms with Crippen molar-refractivity contribution in [1.82, 2.24) is 5.32 Å². The summed E-state index contributed by atoms with van der Waals surface area (Å²) in [5, 5.41) is 3.08. The highest BCUT2D eigenvalue weighted by molar-refractivity contribution is 6.33. The quantitative estimate of drug-likeness (QED) is 0.404. The van der Waals surface area contributed by atoms with Crippen LogP contribution in [-0.2, 0) is 0 Å². The molecule has 41 valence electrons. The van der Waals surface area contributed by atoms with Crippen LogP contribution in [0.15, 0.2) is 0 Å². The van der Waals surface area contributed by atoms with E-state index in [9.17, 15) is 0 Å². The van der Waals surface area contributed by atoms with Gasteiger partial charge in [0.05, 0.1) is 0 Å². The van der Waals surface area contributed by atoms with Crippen LogP contribution in [-0.4, -0.2) is 20.9 Å². The Bertz CT molecular complexity index is 27.3. The maximum absolute atomic E-state index is 3.08. The van der Waals surface area contributed by atoms with Gasteiger partial charge in [-0.1, -0.05) is 13.1 Å². The van der Waals surface area contributed by atoms with Crippen molar-refractivity contribution in [2.24, 2.45) is 0 Å². The molecule has 1 radical (unpaired) electrons. The predicted octanol–water partition coefficient (Wildman–Crippen LogP) is 0.766. The van der Waals surface area contributed by atoms with Gasteiger partial charge in [-0.2, -0.15) is 0 Å². The minimum Gasteiger partial charge on any atom is -0.320 e. The lowest BCUT2D eigenvalue weighted by Gasteiger charge is -1.92. The summed E-state index contributed by atoms with van der Waals surface area (Å²) < 4.78 is 0. The van der Waals surface area contributed by atoms with Gasteiger partial charge in [0.15, 0.2) is 0 Å². The standard InChI is InChI=1S/C5H13BN/c1-6-4-3-5-7-2/h7H,3-5H2,1-2H3. The van der Waals surface area contributed by atoms with Crippen molar-refractivity contribution < 1.29 is 0 Å². The molecule has 0 aromatic rings. The highest BCUT2D eigenvalue weighted by atomic mass is 14.8. The lowest BCUT2D eigenvalue weighted by molar-refractivity contribution is 0.770. The maximum Gasteiger partial charge on any atom is 0.105 e. The summed E-state index contributed by atoms with van der Waals surface area (Å²) in [5.41, 5.74) is 0. The Morgan fingerprint density at radius 3 is 2.71 bits per heavy atom. The Balaban J connectivity index is 2.45. The molecule has 7 heavy (non-hydrogen) atoms. The molecule has 0 amide bonds. The second-order valence-corrected chi connectivity index (χ2v) is 1.65.